The first-order valence-electron chi connectivity index (χ1n) is 14.0. The molecule has 8 heteroatoms. The zero-order valence-corrected chi connectivity index (χ0v) is 23.9. The lowest BCUT2D eigenvalue weighted by Crippen LogP contribution is -2.43. The number of amides is 2. The predicted octanol–water partition coefficient (Wildman–Crippen LogP) is 6.13. The number of nitrogens with zero attached hydrogens (tertiary/aromatic N) is 4. The molecule has 1 aliphatic heterocycles. The number of imide groups is 1. The molecule has 41 heavy (non-hydrogen) atoms. The van der Waals surface area contributed by atoms with E-state index in [4.69, 9.17) is 14.6 Å². The summed E-state index contributed by atoms with van der Waals surface area (Å²) < 4.78 is 12.8. The molecule has 1 aliphatic rings. The first-order valence-corrected chi connectivity index (χ1v) is 14.0. The number of hydrogen-bond acceptors (Lipinski definition) is 6. The van der Waals surface area contributed by atoms with Gasteiger partial charge in [0.2, 0.25) is 0 Å². The van der Waals surface area contributed by atoms with Gasteiger partial charge in [-0.25, -0.2) is 4.68 Å². The molecule has 2 heterocycles. The van der Waals surface area contributed by atoms with Crippen molar-refractivity contribution in [3.05, 3.63) is 83.1 Å². The zero-order chi connectivity index (χ0) is 29.2. The van der Waals surface area contributed by atoms with Crippen molar-refractivity contribution in [3.63, 3.8) is 0 Å². The summed E-state index contributed by atoms with van der Waals surface area (Å²) in [6.07, 6.45) is 8.62. The van der Waals surface area contributed by atoms with Crippen molar-refractivity contribution in [1.82, 2.24) is 14.7 Å². The van der Waals surface area contributed by atoms with Crippen LogP contribution in [-0.4, -0.2) is 53.4 Å². The summed E-state index contributed by atoms with van der Waals surface area (Å²) in [5, 5.41) is 14.6. The van der Waals surface area contributed by atoms with E-state index in [0.29, 0.717) is 42.0 Å². The molecule has 0 bridgehead atoms. The standard InChI is InChI=1S/C33H36N4O4/c1-4-5-6-10-20-41-28-16-14-25(15-17-28)31-26(23-37(35-31)27-12-8-7-9-13-27)21-29-24(2)30(22-34)33(39)36(32(29)38)18-11-19-40-3/h7-9,12-17,21,23H,4-6,10-11,18-20H2,1-3H3/b29-21+. The van der Waals surface area contributed by atoms with E-state index in [0.717, 1.165) is 34.7 Å². The molecule has 0 unspecified atom stereocenters. The first kappa shape index (κ1) is 29.5. The van der Waals surface area contributed by atoms with Gasteiger partial charge in [-0.1, -0.05) is 44.4 Å². The number of benzene rings is 2. The number of hydrogen-bond donors (Lipinski definition) is 0. The predicted molar refractivity (Wildman–Crippen MR) is 158 cm³/mol. The van der Waals surface area contributed by atoms with Gasteiger partial charge in [0.1, 0.15) is 17.4 Å². The van der Waals surface area contributed by atoms with Crippen LogP contribution < -0.4 is 4.74 Å². The third-order valence-corrected chi connectivity index (χ3v) is 7.01. The number of aromatic nitrogens is 2. The highest BCUT2D eigenvalue weighted by Crippen LogP contribution is 2.32. The molecule has 2 amide bonds. The van der Waals surface area contributed by atoms with Gasteiger partial charge in [-0.3, -0.25) is 14.5 Å². The zero-order valence-electron chi connectivity index (χ0n) is 23.9. The highest BCUT2D eigenvalue weighted by atomic mass is 16.5. The average Bonchev–Trinajstić information content (AvgIpc) is 3.42. The molecule has 2 aromatic carbocycles. The molecule has 0 saturated heterocycles. The Balaban J connectivity index is 1.72. The van der Waals surface area contributed by atoms with Crippen LogP contribution in [0.1, 0.15) is 51.5 Å². The molecule has 0 N–H and O–H groups in total. The summed E-state index contributed by atoms with van der Waals surface area (Å²) in [5.41, 5.74) is 3.68. The van der Waals surface area contributed by atoms with E-state index >= 15 is 0 Å². The minimum absolute atomic E-state index is 0.0364. The average molecular weight is 553 g/mol. The quantitative estimate of drug-likeness (QED) is 0.144. The van der Waals surface area contributed by atoms with Crippen LogP contribution >= 0.6 is 0 Å². The van der Waals surface area contributed by atoms with Crippen molar-refractivity contribution in [2.75, 3.05) is 26.9 Å². The van der Waals surface area contributed by atoms with Gasteiger partial charge in [-0.05, 0) is 67.8 Å². The van der Waals surface area contributed by atoms with Crippen molar-refractivity contribution in [2.45, 2.75) is 46.0 Å². The summed E-state index contributed by atoms with van der Waals surface area (Å²) in [6.45, 7) is 5.06. The van der Waals surface area contributed by atoms with Crippen LogP contribution in [0.3, 0.4) is 0 Å². The van der Waals surface area contributed by atoms with Crippen molar-refractivity contribution >= 4 is 17.9 Å². The van der Waals surface area contributed by atoms with Gasteiger partial charge in [0.25, 0.3) is 11.8 Å². The van der Waals surface area contributed by atoms with Crippen LogP contribution in [0.25, 0.3) is 23.0 Å². The van der Waals surface area contributed by atoms with E-state index in [1.54, 1.807) is 24.8 Å². The molecule has 0 aliphatic carbocycles. The fourth-order valence-electron chi connectivity index (χ4n) is 4.71. The van der Waals surface area contributed by atoms with Gasteiger partial charge >= 0.3 is 0 Å². The van der Waals surface area contributed by atoms with Crippen molar-refractivity contribution in [2.24, 2.45) is 0 Å². The van der Waals surface area contributed by atoms with Crippen LogP contribution in [0.15, 0.2) is 77.5 Å². The lowest BCUT2D eigenvalue weighted by molar-refractivity contribution is -0.140. The molecule has 0 fully saturated rings. The topological polar surface area (TPSA) is 97.4 Å². The number of carbonyl (C=O) groups is 2. The summed E-state index contributed by atoms with van der Waals surface area (Å²) in [6, 6.07) is 19.5. The molecular weight excluding hydrogens is 516 g/mol. The number of nitriles is 1. The van der Waals surface area contributed by atoms with Gasteiger partial charge < -0.3 is 9.47 Å². The number of para-hydroxylation sites is 1. The van der Waals surface area contributed by atoms with E-state index in [-0.39, 0.29) is 12.1 Å². The van der Waals surface area contributed by atoms with Crippen molar-refractivity contribution in [1.29, 1.82) is 5.26 Å². The minimum Gasteiger partial charge on any atom is -0.494 e. The SMILES string of the molecule is CCCCCCOc1ccc(-c2nn(-c3ccccc3)cc2/C=C2/C(=O)N(CCCOC)C(=O)C(C#N)=C2C)cc1. The Morgan fingerprint density at radius 3 is 2.39 bits per heavy atom. The molecule has 0 atom stereocenters. The number of unbranched alkanes of at least 4 members (excludes halogenated alkanes) is 3. The molecule has 0 spiro atoms. The first-order chi connectivity index (χ1) is 20.0. The molecule has 1 aromatic heterocycles. The Labute approximate surface area is 241 Å². The van der Waals surface area contributed by atoms with Crippen molar-refractivity contribution < 1.29 is 19.1 Å². The van der Waals surface area contributed by atoms with Gasteiger partial charge in [0.05, 0.1) is 18.0 Å². The Hall–Kier alpha value is -4.48. The largest absolute Gasteiger partial charge is 0.494 e. The van der Waals surface area contributed by atoms with Crippen LogP contribution in [-0.2, 0) is 14.3 Å². The molecule has 3 aromatic rings. The highest BCUT2D eigenvalue weighted by Gasteiger charge is 2.35. The summed E-state index contributed by atoms with van der Waals surface area (Å²) in [5.74, 6) is -0.223. The van der Waals surface area contributed by atoms with Gasteiger partial charge in [-0.2, -0.15) is 10.4 Å². The molecule has 0 saturated carbocycles. The van der Waals surface area contributed by atoms with E-state index in [2.05, 4.69) is 6.92 Å². The maximum Gasteiger partial charge on any atom is 0.271 e. The molecule has 212 valence electrons. The minimum atomic E-state index is -0.575. The van der Waals surface area contributed by atoms with E-state index in [1.165, 1.54) is 12.8 Å². The van der Waals surface area contributed by atoms with Gasteiger partial charge in [-0.15, -0.1) is 0 Å². The smallest absolute Gasteiger partial charge is 0.271 e. The fraction of sp³-hybridized carbons (Fsp3) is 0.333. The van der Waals surface area contributed by atoms with Crippen molar-refractivity contribution in [3.8, 4) is 28.8 Å². The van der Waals surface area contributed by atoms with Crippen LogP contribution in [0, 0.1) is 11.3 Å². The number of carbonyl (C=O) groups excluding carboxylic acids is 2. The molecule has 0 radical (unpaired) electrons. The monoisotopic (exact) mass is 552 g/mol. The third-order valence-electron chi connectivity index (χ3n) is 7.01. The second-order valence-electron chi connectivity index (χ2n) is 9.92. The Bertz CT molecular complexity index is 1460. The lowest BCUT2D eigenvalue weighted by atomic mass is 9.93. The van der Waals surface area contributed by atoms with Crippen LogP contribution in [0.4, 0.5) is 0 Å². The van der Waals surface area contributed by atoms with Crippen LogP contribution in [0.2, 0.25) is 0 Å². The molecular formula is C33H36N4O4. The normalized spacial score (nSPS) is 14.6. The maximum absolute atomic E-state index is 13.6. The van der Waals surface area contributed by atoms with Gasteiger partial charge in [0, 0.05) is 43.2 Å². The lowest BCUT2D eigenvalue weighted by Gasteiger charge is -2.27. The maximum atomic E-state index is 13.6. The Morgan fingerprint density at radius 1 is 0.951 bits per heavy atom. The fourth-order valence-corrected chi connectivity index (χ4v) is 4.71. The highest BCUT2D eigenvalue weighted by molar-refractivity contribution is 6.19. The summed E-state index contributed by atoms with van der Waals surface area (Å²) in [7, 11) is 1.56. The number of methoxy groups -OCH3 is 1. The second-order valence-corrected chi connectivity index (χ2v) is 9.92. The second kappa shape index (κ2) is 14.2. The van der Waals surface area contributed by atoms with E-state index < -0.39 is 11.8 Å². The number of ether oxygens (including phenoxy) is 2. The Kier molecular flexibility index (Phi) is 10.2. The molecule has 8 nitrogen and oxygen atoms in total. The van der Waals surface area contributed by atoms with E-state index in [1.807, 2.05) is 66.9 Å². The third kappa shape index (κ3) is 7.00. The van der Waals surface area contributed by atoms with Gasteiger partial charge in [0.15, 0.2) is 0 Å². The number of rotatable bonds is 13. The molecule has 4 rings (SSSR count). The summed E-state index contributed by atoms with van der Waals surface area (Å²) in [4.78, 5) is 27.6. The summed E-state index contributed by atoms with van der Waals surface area (Å²) >= 11 is 0. The van der Waals surface area contributed by atoms with E-state index in [9.17, 15) is 14.9 Å². The van der Waals surface area contributed by atoms with Crippen LogP contribution in [0.5, 0.6) is 5.75 Å². The Morgan fingerprint density at radius 2 is 1.71 bits per heavy atom.